The van der Waals surface area contributed by atoms with Crippen LogP contribution in [-0.2, 0) is 4.79 Å². The van der Waals surface area contributed by atoms with Crippen LogP contribution < -0.4 is 4.74 Å². The van der Waals surface area contributed by atoms with Gasteiger partial charge < -0.3 is 9.84 Å². The van der Waals surface area contributed by atoms with Crippen LogP contribution in [0.4, 0.5) is 4.39 Å². The first-order valence-corrected chi connectivity index (χ1v) is 12.0. The Morgan fingerprint density at radius 2 is 1.40 bits per heavy atom. The average Bonchev–Trinajstić information content (AvgIpc) is 3.26. The van der Waals surface area contributed by atoms with Gasteiger partial charge in [0.15, 0.2) is 0 Å². The zero-order chi connectivity index (χ0) is 24.5. The van der Waals surface area contributed by atoms with Crippen LogP contribution in [0, 0.1) is 5.82 Å². The van der Waals surface area contributed by atoms with Gasteiger partial charge >= 0.3 is 12.0 Å². The van der Waals surface area contributed by atoms with E-state index in [1.165, 1.54) is 6.07 Å². The maximum atomic E-state index is 15.0. The Morgan fingerprint density at radius 3 is 2.09 bits per heavy atom. The monoisotopic (exact) mass is 472 g/mol. The number of hydrogen-bond donors (Lipinski definition) is 1. The summed E-state index contributed by atoms with van der Waals surface area (Å²) < 4.78 is 22.9. The Kier molecular flexibility index (Phi) is 8.28. The number of unbranched alkanes of at least 4 members (excludes halogenated alkanes) is 4. The van der Waals surface area contributed by atoms with E-state index in [0.29, 0.717) is 24.7 Å². The second-order valence-corrected chi connectivity index (χ2v) is 8.37. The molecule has 0 aliphatic rings. The molecule has 0 spiro atoms. The number of halogens is 1. The van der Waals surface area contributed by atoms with E-state index in [4.69, 9.17) is 14.8 Å². The standard InChI is InChI=1S/C29H29FN2O3/c30-24-18-11-12-19-25(24)32-28(23-16-8-5-9-17-23)27(22-14-6-4-7-15-22)31-29(32)35-21-13-3-1-2-10-20-26(33)34/h4-9,11-12,14-19H,1-3,10,13,20-21H2,(H,33,34). The Labute approximate surface area is 204 Å². The topological polar surface area (TPSA) is 64.3 Å². The molecular weight excluding hydrogens is 443 g/mol. The number of rotatable bonds is 12. The molecule has 1 heterocycles. The number of aliphatic carboxylic acids is 1. The lowest BCUT2D eigenvalue weighted by Crippen LogP contribution is -2.07. The summed E-state index contributed by atoms with van der Waals surface area (Å²) in [6, 6.07) is 26.6. The molecule has 0 atom stereocenters. The van der Waals surface area contributed by atoms with E-state index in [1.54, 1.807) is 22.8 Å². The van der Waals surface area contributed by atoms with Gasteiger partial charge in [-0.15, -0.1) is 0 Å². The van der Waals surface area contributed by atoms with Crippen molar-refractivity contribution >= 4 is 5.97 Å². The van der Waals surface area contributed by atoms with Gasteiger partial charge in [0.1, 0.15) is 11.5 Å². The highest BCUT2D eigenvalue weighted by Crippen LogP contribution is 2.38. The van der Waals surface area contributed by atoms with E-state index >= 15 is 4.39 Å². The summed E-state index contributed by atoms with van der Waals surface area (Å²) in [6.45, 7) is 0.437. The molecule has 0 radical (unpaired) electrons. The quantitative estimate of drug-likeness (QED) is 0.222. The molecule has 0 aliphatic carbocycles. The van der Waals surface area contributed by atoms with E-state index < -0.39 is 5.97 Å². The van der Waals surface area contributed by atoms with E-state index in [1.807, 2.05) is 60.7 Å². The van der Waals surface area contributed by atoms with Crippen molar-refractivity contribution in [2.24, 2.45) is 0 Å². The van der Waals surface area contributed by atoms with Crippen LogP contribution in [0.5, 0.6) is 6.01 Å². The van der Waals surface area contributed by atoms with E-state index in [-0.39, 0.29) is 12.2 Å². The molecule has 0 bridgehead atoms. The van der Waals surface area contributed by atoms with Gasteiger partial charge in [-0.3, -0.25) is 9.36 Å². The van der Waals surface area contributed by atoms with Gasteiger partial charge in [-0.05, 0) is 25.0 Å². The molecular formula is C29H29FN2O3. The van der Waals surface area contributed by atoms with Gasteiger partial charge in [0.05, 0.1) is 18.0 Å². The molecule has 0 saturated carbocycles. The predicted octanol–water partition coefficient (Wildman–Crippen LogP) is 7.15. The van der Waals surface area contributed by atoms with Crippen LogP contribution in [0.15, 0.2) is 84.9 Å². The third-order valence-electron chi connectivity index (χ3n) is 5.80. The Bertz CT molecular complexity index is 1240. The third-order valence-corrected chi connectivity index (χ3v) is 5.80. The van der Waals surface area contributed by atoms with Crippen LogP contribution in [0.25, 0.3) is 28.2 Å². The average molecular weight is 473 g/mol. The summed E-state index contributed by atoms with van der Waals surface area (Å²) >= 11 is 0. The zero-order valence-electron chi connectivity index (χ0n) is 19.6. The number of aromatic nitrogens is 2. The molecule has 1 N–H and O–H groups in total. The van der Waals surface area contributed by atoms with Crippen molar-refractivity contribution in [2.45, 2.75) is 38.5 Å². The van der Waals surface area contributed by atoms with Crippen molar-refractivity contribution in [3.63, 3.8) is 0 Å². The lowest BCUT2D eigenvalue weighted by Gasteiger charge is -2.14. The predicted molar refractivity (Wildman–Crippen MR) is 135 cm³/mol. The molecule has 3 aromatic carbocycles. The molecule has 180 valence electrons. The van der Waals surface area contributed by atoms with E-state index in [2.05, 4.69) is 0 Å². The summed E-state index contributed by atoms with van der Waals surface area (Å²) in [5.74, 6) is -1.11. The van der Waals surface area contributed by atoms with Gasteiger partial charge in [0.2, 0.25) is 0 Å². The minimum absolute atomic E-state index is 0.209. The van der Waals surface area contributed by atoms with Crippen LogP contribution in [-0.4, -0.2) is 27.2 Å². The molecule has 4 rings (SSSR count). The second-order valence-electron chi connectivity index (χ2n) is 8.37. The fourth-order valence-electron chi connectivity index (χ4n) is 4.08. The van der Waals surface area contributed by atoms with Gasteiger partial charge in [0.25, 0.3) is 0 Å². The molecule has 0 amide bonds. The fourth-order valence-corrected chi connectivity index (χ4v) is 4.08. The number of ether oxygens (including phenoxy) is 1. The number of carboxylic acid groups (broad SMARTS) is 1. The second kappa shape index (κ2) is 12.0. The maximum Gasteiger partial charge on any atom is 0.303 e. The number of para-hydroxylation sites is 1. The minimum Gasteiger partial charge on any atom is -0.481 e. The molecule has 0 saturated heterocycles. The van der Waals surface area contributed by atoms with Crippen LogP contribution >= 0.6 is 0 Å². The van der Waals surface area contributed by atoms with Gasteiger partial charge in [-0.2, -0.15) is 4.98 Å². The highest BCUT2D eigenvalue weighted by molar-refractivity contribution is 5.81. The largest absolute Gasteiger partial charge is 0.481 e. The number of carbonyl (C=O) groups is 1. The van der Waals surface area contributed by atoms with Crippen molar-refractivity contribution in [3.8, 4) is 34.2 Å². The van der Waals surface area contributed by atoms with Crippen molar-refractivity contribution in [3.05, 3.63) is 90.7 Å². The summed E-state index contributed by atoms with van der Waals surface area (Å²) in [5.41, 5.74) is 3.71. The third kappa shape index (κ3) is 6.15. The number of hydrogen-bond acceptors (Lipinski definition) is 3. The van der Waals surface area contributed by atoms with Crippen LogP contribution in [0.1, 0.15) is 38.5 Å². The Morgan fingerprint density at radius 1 is 0.800 bits per heavy atom. The lowest BCUT2D eigenvalue weighted by molar-refractivity contribution is -0.137. The first-order chi connectivity index (χ1) is 17.1. The van der Waals surface area contributed by atoms with Crippen LogP contribution in [0.3, 0.4) is 0 Å². The van der Waals surface area contributed by atoms with Crippen molar-refractivity contribution in [1.82, 2.24) is 9.55 Å². The Balaban J connectivity index is 1.65. The molecule has 35 heavy (non-hydrogen) atoms. The first kappa shape index (κ1) is 24.2. The molecule has 0 aliphatic heterocycles. The van der Waals surface area contributed by atoms with E-state index in [0.717, 1.165) is 48.2 Å². The van der Waals surface area contributed by atoms with Gasteiger partial charge in [0, 0.05) is 17.5 Å². The number of carboxylic acids is 1. The van der Waals surface area contributed by atoms with Crippen molar-refractivity contribution < 1.29 is 19.0 Å². The van der Waals surface area contributed by atoms with Crippen LogP contribution in [0.2, 0.25) is 0 Å². The number of imidazole rings is 1. The van der Waals surface area contributed by atoms with Crippen molar-refractivity contribution in [1.29, 1.82) is 0 Å². The number of benzene rings is 3. The zero-order valence-corrected chi connectivity index (χ0v) is 19.6. The molecule has 5 nitrogen and oxygen atoms in total. The Hall–Kier alpha value is -3.93. The summed E-state index contributed by atoms with van der Waals surface area (Å²) in [6.07, 6.45) is 4.46. The van der Waals surface area contributed by atoms with Gasteiger partial charge in [-0.1, -0.05) is 92.1 Å². The molecule has 4 aromatic rings. The lowest BCUT2D eigenvalue weighted by atomic mass is 10.0. The highest BCUT2D eigenvalue weighted by atomic mass is 19.1. The maximum absolute atomic E-state index is 15.0. The fraction of sp³-hybridized carbons (Fsp3) is 0.241. The molecule has 0 unspecified atom stereocenters. The number of nitrogens with zero attached hydrogens (tertiary/aromatic N) is 2. The van der Waals surface area contributed by atoms with Gasteiger partial charge in [-0.25, -0.2) is 4.39 Å². The summed E-state index contributed by atoms with van der Waals surface area (Å²) in [4.78, 5) is 15.5. The molecule has 0 fully saturated rings. The summed E-state index contributed by atoms with van der Waals surface area (Å²) in [7, 11) is 0. The normalized spacial score (nSPS) is 10.9. The molecule has 1 aromatic heterocycles. The van der Waals surface area contributed by atoms with E-state index in [9.17, 15) is 4.79 Å². The van der Waals surface area contributed by atoms with Crippen molar-refractivity contribution in [2.75, 3.05) is 6.61 Å². The molecule has 6 heteroatoms. The SMILES string of the molecule is O=C(O)CCCCCCCOc1nc(-c2ccccc2)c(-c2ccccc2)n1-c1ccccc1F. The minimum atomic E-state index is -0.753. The highest BCUT2D eigenvalue weighted by Gasteiger charge is 2.23. The smallest absolute Gasteiger partial charge is 0.303 e. The summed E-state index contributed by atoms with van der Waals surface area (Å²) in [5, 5.41) is 8.75. The first-order valence-electron chi connectivity index (χ1n) is 12.0.